The normalized spacial score (nSPS) is 16.4. The number of hydrogen-bond donors (Lipinski definition) is 1. The van der Waals surface area contributed by atoms with Gasteiger partial charge >= 0.3 is 0 Å². The van der Waals surface area contributed by atoms with E-state index >= 15 is 0 Å². The topological polar surface area (TPSA) is 28.3 Å². The van der Waals surface area contributed by atoms with Gasteiger partial charge in [-0.3, -0.25) is 0 Å². The van der Waals surface area contributed by atoms with Gasteiger partial charge in [0.2, 0.25) is 0 Å². The number of H-pyrrole nitrogens is 1. The van der Waals surface area contributed by atoms with Gasteiger partial charge < -0.3 is 14.6 Å². The van der Waals surface area contributed by atoms with E-state index < -0.39 is 0 Å². The van der Waals surface area contributed by atoms with Crippen LogP contribution in [0.2, 0.25) is 0 Å². The predicted molar refractivity (Wildman–Crippen MR) is 64.9 cm³/mol. The number of hydrogen-bond acceptors (Lipinski definition) is 2. The van der Waals surface area contributed by atoms with Crippen LogP contribution in [0, 0.1) is 0 Å². The van der Waals surface area contributed by atoms with Crippen LogP contribution >= 0.6 is 0 Å². The maximum absolute atomic E-state index is 5.39. The van der Waals surface area contributed by atoms with Crippen molar-refractivity contribution >= 4 is 10.9 Å². The summed E-state index contributed by atoms with van der Waals surface area (Å²) in [5, 5.41) is 1.32. The van der Waals surface area contributed by atoms with Gasteiger partial charge in [0.05, 0.1) is 12.6 Å². The summed E-state index contributed by atoms with van der Waals surface area (Å²) >= 11 is 0. The minimum absolute atomic E-state index is 0.939. The van der Waals surface area contributed by atoms with Crippen molar-refractivity contribution in [3.63, 3.8) is 0 Å². The van der Waals surface area contributed by atoms with E-state index in [1.807, 2.05) is 6.07 Å². The summed E-state index contributed by atoms with van der Waals surface area (Å²) in [6, 6.07) is 6.25. The molecule has 0 saturated heterocycles. The zero-order valence-electron chi connectivity index (χ0n) is 9.71. The number of likely N-dealkylation sites (N-methyl/N-ethyl adjacent to an activating group) is 1. The van der Waals surface area contributed by atoms with Crippen molar-refractivity contribution < 1.29 is 4.74 Å². The van der Waals surface area contributed by atoms with Crippen LogP contribution in [-0.4, -0.2) is 30.6 Å². The molecule has 1 aliphatic heterocycles. The molecule has 3 heteroatoms. The van der Waals surface area contributed by atoms with Gasteiger partial charge in [0.1, 0.15) is 5.75 Å². The minimum atomic E-state index is 0.939. The molecule has 2 aromatic rings. The molecule has 3 rings (SSSR count). The number of methoxy groups -OCH3 is 1. The van der Waals surface area contributed by atoms with Crippen molar-refractivity contribution in [3.05, 3.63) is 29.5 Å². The molecular formula is C13H16N2O. The fraction of sp³-hybridized carbons (Fsp3) is 0.385. The zero-order valence-corrected chi connectivity index (χ0v) is 9.71. The van der Waals surface area contributed by atoms with Gasteiger partial charge in [0.25, 0.3) is 0 Å². The van der Waals surface area contributed by atoms with Gasteiger partial charge in [0, 0.05) is 24.2 Å². The molecule has 2 heterocycles. The lowest BCUT2D eigenvalue weighted by Crippen LogP contribution is -2.26. The van der Waals surface area contributed by atoms with Gasteiger partial charge in [-0.2, -0.15) is 0 Å². The maximum Gasteiger partial charge on any atom is 0.142 e. The first-order valence-electron chi connectivity index (χ1n) is 5.64. The summed E-state index contributed by atoms with van der Waals surface area (Å²) < 4.78 is 5.39. The molecule has 0 atom stereocenters. The third-order valence-electron chi connectivity index (χ3n) is 3.38. The number of ether oxygens (including phenoxy) is 1. The molecule has 0 saturated carbocycles. The second-order valence-corrected chi connectivity index (χ2v) is 4.45. The van der Waals surface area contributed by atoms with Crippen LogP contribution in [0.3, 0.4) is 0 Å². The summed E-state index contributed by atoms with van der Waals surface area (Å²) in [6.45, 7) is 2.14. The Hall–Kier alpha value is -1.48. The summed E-state index contributed by atoms with van der Waals surface area (Å²) in [7, 11) is 3.88. The Labute approximate surface area is 95.0 Å². The van der Waals surface area contributed by atoms with E-state index in [-0.39, 0.29) is 0 Å². The maximum atomic E-state index is 5.39. The number of nitrogens with one attached hydrogen (secondary N) is 1. The molecule has 0 aliphatic carbocycles. The van der Waals surface area contributed by atoms with Crippen LogP contribution < -0.4 is 4.74 Å². The lowest BCUT2D eigenvalue weighted by molar-refractivity contribution is 0.310. The first-order chi connectivity index (χ1) is 7.79. The summed E-state index contributed by atoms with van der Waals surface area (Å²) in [5.74, 6) is 0.939. The Morgan fingerprint density at radius 2 is 2.25 bits per heavy atom. The van der Waals surface area contributed by atoms with E-state index in [1.165, 1.54) is 16.6 Å². The van der Waals surface area contributed by atoms with E-state index in [0.717, 1.165) is 30.8 Å². The number of para-hydroxylation sites is 1. The third-order valence-corrected chi connectivity index (χ3v) is 3.38. The van der Waals surface area contributed by atoms with E-state index in [1.54, 1.807) is 7.11 Å². The molecule has 0 amide bonds. The molecule has 1 aromatic heterocycles. The number of benzene rings is 1. The van der Waals surface area contributed by atoms with E-state index in [9.17, 15) is 0 Å². The third kappa shape index (κ3) is 1.32. The minimum Gasteiger partial charge on any atom is -0.495 e. The van der Waals surface area contributed by atoms with E-state index in [0.29, 0.717) is 0 Å². The Kier molecular flexibility index (Phi) is 2.14. The standard InChI is InChI=1S/C13H16N2O/c1-15-7-6-9-10-4-3-5-12(16-2)13(10)14-11(9)8-15/h3-5,14H,6-8H2,1-2H3. The van der Waals surface area contributed by atoms with Gasteiger partial charge in [-0.15, -0.1) is 0 Å². The first kappa shape index (κ1) is 9.73. The number of aromatic nitrogens is 1. The van der Waals surface area contributed by atoms with E-state index in [4.69, 9.17) is 4.74 Å². The van der Waals surface area contributed by atoms with Crippen LogP contribution in [0.25, 0.3) is 10.9 Å². The molecule has 0 spiro atoms. The van der Waals surface area contributed by atoms with Crippen molar-refractivity contribution in [2.75, 3.05) is 20.7 Å². The average molecular weight is 216 g/mol. The Balaban J connectivity index is 2.24. The number of nitrogens with zero attached hydrogens (tertiary/aromatic N) is 1. The van der Waals surface area contributed by atoms with Crippen molar-refractivity contribution in [2.24, 2.45) is 0 Å². The number of aromatic amines is 1. The highest BCUT2D eigenvalue weighted by Gasteiger charge is 2.19. The molecular weight excluding hydrogens is 200 g/mol. The summed E-state index contributed by atoms with van der Waals surface area (Å²) in [4.78, 5) is 5.84. The van der Waals surface area contributed by atoms with Crippen molar-refractivity contribution in [3.8, 4) is 5.75 Å². The molecule has 0 bridgehead atoms. The second-order valence-electron chi connectivity index (χ2n) is 4.45. The number of fused-ring (bicyclic) bond motifs is 3. The van der Waals surface area contributed by atoms with Gasteiger partial charge in [-0.1, -0.05) is 12.1 Å². The highest BCUT2D eigenvalue weighted by Crippen LogP contribution is 2.32. The fourth-order valence-electron chi connectivity index (χ4n) is 2.54. The highest BCUT2D eigenvalue weighted by atomic mass is 16.5. The lowest BCUT2D eigenvalue weighted by Gasteiger charge is -2.22. The van der Waals surface area contributed by atoms with Crippen molar-refractivity contribution in [1.82, 2.24) is 9.88 Å². The van der Waals surface area contributed by atoms with Crippen molar-refractivity contribution in [2.45, 2.75) is 13.0 Å². The molecule has 0 unspecified atom stereocenters. The molecule has 1 aromatic carbocycles. The van der Waals surface area contributed by atoms with Crippen molar-refractivity contribution in [1.29, 1.82) is 0 Å². The Morgan fingerprint density at radius 3 is 3.06 bits per heavy atom. The largest absolute Gasteiger partial charge is 0.495 e. The van der Waals surface area contributed by atoms with Gasteiger partial charge in [-0.25, -0.2) is 0 Å². The van der Waals surface area contributed by atoms with Crippen LogP contribution in [-0.2, 0) is 13.0 Å². The quantitative estimate of drug-likeness (QED) is 0.791. The highest BCUT2D eigenvalue weighted by molar-refractivity contribution is 5.89. The zero-order chi connectivity index (χ0) is 11.1. The molecule has 1 N–H and O–H groups in total. The van der Waals surface area contributed by atoms with Crippen LogP contribution in [0.5, 0.6) is 5.75 Å². The molecule has 0 radical (unpaired) electrons. The lowest BCUT2D eigenvalue weighted by atomic mass is 10.0. The molecule has 16 heavy (non-hydrogen) atoms. The predicted octanol–water partition coefficient (Wildman–Crippen LogP) is 2.16. The fourth-order valence-corrected chi connectivity index (χ4v) is 2.54. The van der Waals surface area contributed by atoms with E-state index in [2.05, 4.69) is 29.1 Å². The Morgan fingerprint density at radius 1 is 1.38 bits per heavy atom. The average Bonchev–Trinajstić information content (AvgIpc) is 2.65. The molecule has 0 fully saturated rings. The number of rotatable bonds is 1. The smallest absolute Gasteiger partial charge is 0.142 e. The van der Waals surface area contributed by atoms with Crippen LogP contribution in [0.4, 0.5) is 0 Å². The second kappa shape index (κ2) is 3.52. The van der Waals surface area contributed by atoms with Gasteiger partial charge in [0.15, 0.2) is 0 Å². The molecule has 3 nitrogen and oxygen atoms in total. The molecule has 1 aliphatic rings. The first-order valence-corrected chi connectivity index (χ1v) is 5.64. The summed E-state index contributed by atoms with van der Waals surface area (Å²) in [6.07, 6.45) is 1.12. The Bertz CT molecular complexity index is 530. The summed E-state index contributed by atoms with van der Waals surface area (Å²) in [5.41, 5.74) is 3.95. The monoisotopic (exact) mass is 216 g/mol. The SMILES string of the molecule is COc1cccc2c3c([nH]c12)CN(C)CC3. The van der Waals surface area contributed by atoms with Crippen LogP contribution in [0.1, 0.15) is 11.3 Å². The van der Waals surface area contributed by atoms with Crippen LogP contribution in [0.15, 0.2) is 18.2 Å². The molecule has 84 valence electrons. The van der Waals surface area contributed by atoms with Gasteiger partial charge in [-0.05, 0) is 25.1 Å².